The number of rotatable bonds is 6. The van der Waals surface area contributed by atoms with E-state index in [4.69, 9.17) is 21.4 Å². The van der Waals surface area contributed by atoms with Crippen LogP contribution in [0.4, 0.5) is 0 Å². The van der Waals surface area contributed by atoms with E-state index >= 15 is 0 Å². The minimum Gasteiger partial charge on any atom is -0.493 e. The number of hydrogen-bond acceptors (Lipinski definition) is 3. The highest BCUT2D eigenvalue weighted by atomic mass is 35.5. The molecule has 1 amide bonds. The monoisotopic (exact) mass is 359 g/mol. The Morgan fingerprint density at radius 1 is 1.12 bits per heavy atom. The molecular formula is C19H18ClNO4. The molecule has 0 radical (unpaired) electrons. The fourth-order valence-electron chi connectivity index (χ4n) is 2.84. The summed E-state index contributed by atoms with van der Waals surface area (Å²) < 4.78 is 5.46. The molecule has 1 aliphatic heterocycles. The molecule has 2 aromatic carbocycles. The van der Waals surface area contributed by atoms with E-state index in [0.717, 1.165) is 28.9 Å². The zero-order chi connectivity index (χ0) is 17.8. The molecule has 0 atom stereocenters. The first-order valence-corrected chi connectivity index (χ1v) is 8.37. The SMILES string of the molecule is O=C(O)CN(Cc1ccc(Cl)cc1)C(=O)Cc1ccc2c(c1)CCO2. The number of carboxylic acid groups (broad SMARTS) is 1. The van der Waals surface area contributed by atoms with Crippen LogP contribution < -0.4 is 4.74 Å². The van der Waals surface area contributed by atoms with Crippen LogP contribution in [0.1, 0.15) is 16.7 Å². The van der Waals surface area contributed by atoms with Gasteiger partial charge in [-0.2, -0.15) is 0 Å². The maximum Gasteiger partial charge on any atom is 0.323 e. The van der Waals surface area contributed by atoms with Gasteiger partial charge in [0.15, 0.2) is 0 Å². The Bertz CT molecular complexity index is 789. The molecule has 3 rings (SSSR count). The molecule has 5 nitrogen and oxygen atoms in total. The van der Waals surface area contributed by atoms with E-state index in [1.54, 1.807) is 24.3 Å². The van der Waals surface area contributed by atoms with Crippen LogP contribution in [0.2, 0.25) is 5.02 Å². The first-order valence-electron chi connectivity index (χ1n) is 8.00. The summed E-state index contributed by atoms with van der Waals surface area (Å²) in [5, 5.41) is 9.71. The van der Waals surface area contributed by atoms with E-state index in [1.165, 1.54) is 4.90 Å². The number of hydrogen-bond donors (Lipinski definition) is 1. The third-order valence-electron chi connectivity index (χ3n) is 4.07. The molecule has 0 fully saturated rings. The minimum atomic E-state index is -1.04. The van der Waals surface area contributed by atoms with Crippen molar-refractivity contribution in [1.29, 1.82) is 0 Å². The molecule has 25 heavy (non-hydrogen) atoms. The van der Waals surface area contributed by atoms with Gasteiger partial charge in [-0.1, -0.05) is 35.9 Å². The molecule has 6 heteroatoms. The second-order valence-corrected chi connectivity index (χ2v) is 6.42. The number of aliphatic carboxylic acids is 1. The number of ether oxygens (including phenoxy) is 1. The lowest BCUT2D eigenvalue weighted by atomic mass is 10.1. The van der Waals surface area contributed by atoms with E-state index in [1.807, 2.05) is 18.2 Å². The van der Waals surface area contributed by atoms with Crippen molar-refractivity contribution < 1.29 is 19.4 Å². The van der Waals surface area contributed by atoms with Crippen LogP contribution in [0.25, 0.3) is 0 Å². The normalized spacial score (nSPS) is 12.4. The van der Waals surface area contributed by atoms with Gasteiger partial charge in [0.2, 0.25) is 5.91 Å². The molecule has 0 aliphatic carbocycles. The van der Waals surface area contributed by atoms with E-state index < -0.39 is 5.97 Å². The maximum atomic E-state index is 12.6. The number of halogens is 1. The Labute approximate surface area is 150 Å². The number of benzene rings is 2. The summed E-state index contributed by atoms with van der Waals surface area (Å²) in [5.41, 5.74) is 2.79. The Balaban J connectivity index is 1.72. The Kier molecular flexibility index (Phi) is 5.24. The molecule has 1 aliphatic rings. The summed E-state index contributed by atoms with van der Waals surface area (Å²) in [6.07, 6.45) is 0.995. The van der Waals surface area contributed by atoms with Crippen LogP contribution in [0, 0.1) is 0 Å². The average Bonchev–Trinajstić information content (AvgIpc) is 3.03. The second kappa shape index (κ2) is 7.57. The Morgan fingerprint density at radius 2 is 1.84 bits per heavy atom. The van der Waals surface area contributed by atoms with Crippen molar-refractivity contribution in [2.24, 2.45) is 0 Å². The zero-order valence-corrected chi connectivity index (χ0v) is 14.3. The van der Waals surface area contributed by atoms with Gasteiger partial charge in [-0.3, -0.25) is 9.59 Å². The van der Waals surface area contributed by atoms with Crippen LogP contribution in [0.3, 0.4) is 0 Å². The summed E-state index contributed by atoms with van der Waals surface area (Å²) in [6, 6.07) is 12.7. The maximum absolute atomic E-state index is 12.6. The molecule has 0 saturated heterocycles. The van der Waals surface area contributed by atoms with Crippen molar-refractivity contribution in [3.8, 4) is 5.75 Å². The highest BCUT2D eigenvalue weighted by molar-refractivity contribution is 6.30. The second-order valence-electron chi connectivity index (χ2n) is 5.99. The van der Waals surface area contributed by atoms with Gasteiger partial charge in [0.1, 0.15) is 12.3 Å². The zero-order valence-electron chi connectivity index (χ0n) is 13.6. The third-order valence-corrected chi connectivity index (χ3v) is 4.33. The van der Waals surface area contributed by atoms with Crippen molar-refractivity contribution in [1.82, 2.24) is 4.90 Å². The lowest BCUT2D eigenvalue weighted by molar-refractivity contribution is -0.144. The van der Waals surface area contributed by atoms with Crippen molar-refractivity contribution in [3.63, 3.8) is 0 Å². The minimum absolute atomic E-state index is 0.161. The number of amides is 1. The number of fused-ring (bicyclic) bond motifs is 1. The average molecular weight is 360 g/mol. The topological polar surface area (TPSA) is 66.8 Å². The molecule has 0 unspecified atom stereocenters. The van der Waals surface area contributed by atoms with Crippen LogP contribution in [-0.4, -0.2) is 35.0 Å². The number of nitrogens with zero attached hydrogens (tertiary/aromatic N) is 1. The lowest BCUT2D eigenvalue weighted by Crippen LogP contribution is -2.36. The lowest BCUT2D eigenvalue weighted by Gasteiger charge is -2.21. The smallest absolute Gasteiger partial charge is 0.323 e. The van der Waals surface area contributed by atoms with E-state index in [0.29, 0.717) is 11.6 Å². The predicted molar refractivity (Wildman–Crippen MR) is 93.8 cm³/mol. The molecular weight excluding hydrogens is 342 g/mol. The van der Waals surface area contributed by atoms with Gasteiger partial charge < -0.3 is 14.7 Å². The highest BCUT2D eigenvalue weighted by Gasteiger charge is 2.19. The van der Waals surface area contributed by atoms with Crippen molar-refractivity contribution in [3.05, 3.63) is 64.2 Å². The quantitative estimate of drug-likeness (QED) is 0.861. The standard InChI is InChI=1S/C19H18ClNO4/c20-16-4-1-13(2-5-16)11-21(12-19(23)24)18(22)10-14-3-6-17-15(9-14)7-8-25-17/h1-6,9H,7-8,10-12H2,(H,23,24). The fraction of sp³-hybridized carbons (Fsp3) is 0.263. The summed E-state index contributed by atoms with van der Waals surface area (Å²) in [5.74, 6) is -0.402. The van der Waals surface area contributed by atoms with Crippen LogP contribution in [-0.2, 0) is 29.0 Å². The summed E-state index contributed by atoms with van der Waals surface area (Å²) in [6.45, 7) is 0.556. The molecule has 0 saturated carbocycles. The van der Waals surface area contributed by atoms with Gasteiger partial charge in [0, 0.05) is 18.0 Å². The van der Waals surface area contributed by atoms with Crippen molar-refractivity contribution in [2.75, 3.05) is 13.2 Å². The van der Waals surface area contributed by atoms with Gasteiger partial charge in [-0.25, -0.2) is 0 Å². The van der Waals surface area contributed by atoms with E-state index in [9.17, 15) is 9.59 Å². The predicted octanol–water partition coefficient (Wildman–Crippen LogP) is 2.93. The first kappa shape index (κ1) is 17.3. The largest absolute Gasteiger partial charge is 0.493 e. The van der Waals surface area contributed by atoms with Crippen LogP contribution in [0.15, 0.2) is 42.5 Å². The molecule has 0 aromatic heterocycles. The summed E-state index contributed by atoms with van der Waals surface area (Å²) >= 11 is 5.86. The number of carbonyl (C=O) groups is 2. The van der Waals surface area contributed by atoms with Gasteiger partial charge in [0.25, 0.3) is 0 Å². The van der Waals surface area contributed by atoms with Gasteiger partial charge in [-0.15, -0.1) is 0 Å². The van der Waals surface area contributed by atoms with Crippen LogP contribution >= 0.6 is 11.6 Å². The van der Waals surface area contributed by atoms with Gasteiger partial charge >= 0.3 is 5.97 Å². The Morgan fingerprint density at radius 3 is 2.56 bits per heavy atom. The molecule has 1 N–H and O–H groups in total. The van der Waals surface area contributed by atoms with E-state index in [-0.39, 0.29) is 25.4 Å². The van der Waals surface area contributed by atoms with E-state index in [2.05, 4.69) is 0 Å². The molecule has 0 bridgehead atoms. The molecule has 130 valence electrons. The first-order chi connectivity index (χ1) is 12.0. The molecule has 1 heterocycles. The van der Waals surface area contributed by atoms with Gasteiger partial charge in [-0.05, 0) is 34.9 Å². The molecule has 0 spiro atoms. The summed E-state index contributed by atoms with van der Waals surface area (Å²) in [4.78, 5) is 25.1. The van der Waals surface area contributed by atoms with Crippen molar-refractivity contribution >= 4 is 23.5 Å². The van der Waals surface area contributed by atoms with Gasteiger partial charge in [0.05, 0.1) is 13.0 Å². The number of carbonyl (C=O) groups excluding carboxylic acids is 1. The van der Waals surface area contributed by atoms with Crippen LogP contribution in [0.5, 0.6) is 5.75 Å². The highest BCUT2D eigenvalue weighted by Crippen LogP contribution is 2.26. The summed E-state index contributed by atoms with van der Waals surface area (Å²) in [7, 11) is 0. The third kappa shape index (κ3) is 4.51. The Hall–Kier alpha value is -2.53. The molecule has 2 aromatic rings. The number of carboxylic acids is 1. The van der Waals surface area contributed by atoms with Crippen molar-refractivity contribution in [2.45, 2.75) is 19.4 Å². The fourth-order valence-corrected chi connectivity index (χ4v) is 2.97.